The van der Waals surface area contributed by atoms with E-state index in [4.69, 9.17) is 28.4 Å². The summed E-state index contributed by atoms with van der Waals surface area (Å²) in [5.41, 5.74) is 1.39. The summed E-state index contributed by atoms with van der Waals surface area (Å²) in [5, 5.41) is 5.88. The zero-order valence-electron chi connectivity index (χ0n) is 24.2. The van der Waals surface area contributed by atoms with E-state index in [1.807, 2.05) is 10.6 Å². The van der Waals surface area contributed by atoms with Crippen molar-refractivity contribution in [1.82, 2.24) is 15.2 Å². The van der Waals surface area contributed by atoms with Gasteiger partial charge in [0.2, 0.25) is 0 Å². The number of hydrogen-bond donors (Lipinski definition) is 2. The standard InChI is InChI=1S/C28H37N3O10/c1-7-29-26(34)38-14-18-22-20(11-17(12-21(22)39-15(2)32)25-36-9-8-10-37-25)31-13-19(24(23(18)31)40-16(3)33)30-27(35)41-28(4,5)6/h11-12,19,24-25H,7-10,13-14H2,1-6H3,(H,29,34)(H,30,35)/t19-,24-/m0/s1. The quantitative estimate of drug-likeness (QED) is 0.283. The van der Waals surface area contributed by atoms with Crippen molar-refractivity contribution >= 4 is 35.0 Å². The van der Waals surface area contributed by atoms with E-state index >= 15 is 0 Å². The van der Waals surface area contributed by atoms with Crippen LogP contribution in [0.4, 0.5) is 9.59 Å². The van der Waals surface area contributed by atoms with Crippen LogP contribution in [0, 0.1) is 0 Å². The monoisotopic (exact) mass is 575 g/mol. The fraction of sp³-hybridized carbons (Fsp3) is 0.571. The van der Waals surface area contributed by atoms with Gasteiger partial charge in [0.05, 0.1) is 30.5 Å². The number of alkyl carbamates (subject to hydrolysis) is 2. The molecule has 0 radical (unpaired) electrons. The normalized spacial score (nSPS) is 18.9. The van der Waals surface area contributed by atoms with Gasteiger partial charge in [-0.2, -0.15) is 0 Å². The molecule has 2 aromatic rings. The number of nitrogens with zero attached hydrogens (tertiary/aromatic N) is 1. The van der Waals surface area contributed by atoms with Crippen molar-refractivity contribution in [2.24, 2.45) is 0 Å². The molecule has 1 saturated heterocycles. The molecule has 0 saturated carbocycles. The van der Waals surface area contributed by atoms with E-state index in [0.717, 1.165) is 6.42 Å². The minimum atomic E-state index is -0.962. The Bertz CT molecular complexity index is 1320. The van der Waals surface area contributed by atoms with E-state index in [-0.39, 0.29) is 18.9 Å². The van der Waals surface area contributed by atoms with E-state index in [0.29, 0.717) is 47.5 Å². The van der Waals surface area contributed by atoms with Crippen molar-refractivity contribution in [1.29, 1.82) is 0 Å². The number of fused-ring (bicyclic) bond motifs is 3. The highest BCUT2D eigenvalue weighted by Gasteiger charge is 2.42. The molecule has 3 heterocycles. The minimum absolute atomic E-state index is 0.180. The van der Waals surface area contributed by atoms with Crippen molar-refractivity contribution in [3.63, 3.8) is 0 Å². The Balaban J connectivity index is 1.88. The van der Waals surface area contributed by atoms with Gasteiger partial charge in [0.25, 0.3) is 0 Å². The van der Waals surface area contributed by atoms with Crippen LogP contribution in [0.2, 0.25) is 0 Å². The second-order valence-electron chi connectivity index (χ2n) is 10.8. The van der Waals surface area contributed by atoms with E-state index < -0.39 is 48.2 Å². The third-order valence-electron chi connectivity index (χ3n) is 6.33. The SMILES string of the molecule is CCNC(=O)OCc1c2n(c3cc(C4OCCCO4)cc(OC(C)=O)c13)C[C@H](NC(=O)OC(C)(C)C)[C@@H]2OC(C)=O. The zero-order valence-corrected chi connectivity index (χ0v) is 24.2. The van der Waals surface area contributed by atoms with Crippen LogP contribution in [0.15, 0.2) is 12.1 Å². The molecule has 41 heavy (non-hydrogen) atoms. The molecular weight excluding hydrogens is 538 g/mol. The summed E-state index contributed by atoms with van der Waals surface area (Å²) in [4.78, 5) is 49.4. The Labute approximate surface area is 237 Å². The van der Waals surface area contributed by atoms with E-state index in [1.165, 1.54) is 13.8 Å². The molecule has 1 fully saturated rings. The summed E-state index contributed by atoms with van der Waals surface area (Å²) in [6.45, 7) is 10.8. The van der Waals surface area contributed by atoms with Crippen LogP contribution >= 0.6 is 0 Å². The fourth-order valence-electron chi connectivity index (χ4n) is 4.99. The number of nitrogens with one attached hydrogen (secondary N) is 2. The first kappa shape index (κ1) is 30.1. The van der Waals surface area contributed by atoms with Gasteiger partial charge in [0.15, 0.2) is 12.4 Å². The fourth-order valence-corrected chi connectivity index (χ4v) is 4.99. The molecule has 0 bridgehead atoms. The Morgan fingerprint density at radius 2 is 1.76 bits per heavy atom. The zero-order chi connectivity index (χ0) is 29.9. The summed E-state index contributed by atoms with van der Waals surface area (Å²) in [7, 11) is 0. The average molecular weight is 576 g/mol. The molecule has 2 amide bonds. The third-order valence-corrected chi connectivity index (χ3v) is 6.33. The van der Waals surface area contributed by atoms with Crippen LogP contribution in [0.1, 0.15) is 77.2 Å². The summed E-state index contributed by atoms with van der Waals surface area (Å²) >= 11 is 0. The first-order valence-corrected chi connectivity index (χ1v) is 13.6. The van der Waals surface area contributed by atoms with Crippen LogP contribution in [0.5, 0.6) is 5.75 Å². The van der Waals surface area contributed by atoms with Crippen molar-refractivity contribution in [2.75, 3.05) is 19.8 Å². The summed E-state index contributed by atoms with van der Waals surface area (Å²) in [6.07, 6.45) is -2.23. The topological polar surface area (TPSA) is 153 Å². The Morgan fingerprint density at radius 3 is 2.37 bits per heavy atom. The number of carbonyl (C=O) groups excluding carboxylic acids is 4. The number of rotatable bonds is 7. The van der Waals surface area contributed by atoms with Gasteiger partial charge in [-0.1, -0.05) is 0 Å². The van der Waals surface area contributed by atoms with Crippen molar-refractivity contribution in [2.45, 2.75) is 85.2 Å². The van der Waals surface area contributed by atoms with Crippen LogP contribution in [-0.2, 0) is 46.4 Å². The molecule has 2 aliphatic heterocycles. The number of benzene rings is 1. The maximum atomic E-state index is 12.7. The van der Waals surface area contributed by atoms with Gasteiger partial charge in [-0.3, -0.25) is 9.59 Å². The molecule has 0 aliphatic carbocycles. The molecule has 2 atom stereocenters. The van der Waals surface area contributed by atoms with Gasteiger partial charge in [-0.15, -0.1) is 0 Å². The molecule has 1 aromatic heterocycles. The second-order valence-corrected chi connectivity index (χ2v) is 10.8. The number of carbonyl (C=O) groups is 4. The lowest BCUT2D eigenvalue weighted by Gasteiger charge is -2.25. The van der Waals surface area contributed by atoms with Gasteiger partial charge in [-0.25, -0.2) is 9.59 Å². The number of aromatic nitrogens is 1. The number of esters is 2. The summed E-state index contributed by atoms with van der Waals surface area (Å²) < 4.78 is 35.8. The highest BCUT2D eigenvalue weighted by Crippen LogP contribution is 2.45. The summed E-state index contributed by atoms with van der Waals surface area (Å²) in [6, 6.07) is 2.78. The molecule has 2 aliphatic rings. The van der Waals surface area contributed by atoms with Crippen molar-refractivity contribution in [3.8, 4) is 5.75 Å². The van der Waals surface area contributed by atoms with Crippen molar-refractivity contribution in [3.05, 3.63) is 29.0 Å². The maximum Gasteiger partial charge on any atom is 0.408 e. The van der Waals surface area contributed by atoms with Crippen LogP contribution < -0.4 is 15.4 Å². The van der Waals surface area contributed by atoms with Crippen molar-refractivity contribution < 1.29 is 47.6 Å². The molecule has 0 spiro atoms. The second kappa shape index (κ2) is 12.4. The van der Waals surface area contributed by atoms with E-state index in [9.17, 15) is 19.2 Å². The first-order valence-electron chi connectivity index (χ1n) is 13.6. The molecule has 13 heteroatoms. The van der Waals surface area contributed by atoms with Crippen LogP contribution in [0.3, 0.4) is 0 Å². The minimum Gasteiger partial charge on any atom is -0.454 e. The molecular formula is C28H37N3O10. The predicted molar refractivity (Wildman–Crippen MR) is 144 cm³/mol. The maximum absolute atomic E-state index is 12.7. The van der Waals surface area contributed by atoms with E-state index in [1.54, 1.807) is 33.8 Å². The van der Waals surface area contributed by atoms with Crippen LogP contribution in [-0.4, -0.2) is 60.1 Å². The Hall–Kier alpha value is -3.84. The smallest absolute Gasteiger partial charge is 0.408 e. The molecule has 2 N–H and O–H groups in total. The first-order chi connectivity index (χ1) is 19.4. The number of hydrogen-bond acceptors (Lipinski definition) is 10. The molecule has 0 unspecified atom stereocenters. The van der Waals surface area contributed by atoms with Gasteiger partial charge in [0, 0.05) is 43.5 Å². The Kier molecular flexibility index (Phi) is 9.08. The summed E-state index contributed by atoms with van der Waals surface area (Å²) in [5.74, 6) is -0.931. The highest BCUT2D eigenvalue weighted by molar-refractivity contribution is 5.94. The third kappa shape index (κ3) is 7.09. The lowest BCUT2D eigenvalue weighted by molar-refractivity contribution is -0.183. The average Bonchev–Trinajstić information content (AvgIpc) is 3.36. The lowest BCUT2D eigenvalue weighted by atomic mass is 10.0. The Morgan fingerprint density at radius 1 is 1.05 bits per heavy atom. The van der Waals surface area contributed by atoms with Gasteiger partial charge in [-0.05, 0) is 46.2 Å². The van der Waals surface area contributed by atoms with Crippen LogP contribution in [0.25, 0.3) is 10.9 Å². The van der Waals surface area contributed by atoms with Gasteiger partial charge < -0.3 is 43.6 Å². The highest BCUT2D eigenvalue weighted by atomic mass is 16.7. The lowest BCUT2D eigenvalue weighted by Crippen LogP contribution is -2.42. The predicted octanol–water partition coefficient (Wildman–Crippen LogP) is 3.76. The molecule has 13 nitrogen and oxygen atoms in total. The largest absolute Gasteiger partial charge is 0.454 e. The molecule has 1 aromatic carbocycles. The molecule has 4 rings (SSSR count). The number of amides is 2. The van der Waals surface area contributed by atoms with E-state index in [2.05, 4.69) is 10.6 Å². The van der Waals surface area contributed by atoms with Gasteiger partial charge >= 0.3 is 24.1 Å². The molecule has 224 valence electrons. The number of ether oxygens (including phenoxy) is 6. The van der Waals surface area contributed by atoms with Gasteiger partial charge in [0.1, 0.15) is 18.0 Å².